The Morgan fingerprint density at radius 3 is 2.95 bits per heavy atom. The minimum absolute atomic E-state index is 0.266. The van der Waals surface area contributed by atoms with Gasteiger partial charge in [-0.3, -0.25) is 4.90 Å². The maximum Gasteiger partial charge on any atom is 0.161 e. The van der Waals surface area contributed by atoms with Gasteiger partial charge in [0, 0.05) is 19.6 Å². The van der Waals surface area contributed by atoms with Crippen molar-refractivity contribution < 1.29 is 9.13 Å². The molecule has 0 amide bonds. The van der Waals surface area contributed by atoms with Crippen molar-refractivity contribution in [1.82, 2.24) is 4.90 Å². The second kappa shape index (κ2) is 8.88. The van der Waals surface area contributed by atoms with Gasteiger partial charge in [-0.15, -0.1) is 0 Å². The molecule has 2 N–H and O–H groups in total. The number of hydrogen-bond acceptors (Lipinski definition) is 3. The maximum absolute atomic E-state index is 13.8. The summed E-state index contributed by atoms with van der Waals surface area (Å²) in [6.45, 7) is 7.78. The minimum Gasteiger partial charge on any atom is -0.489 e. The van der Waals surface area contributed by atoms with Gasteiger partial charge in [-0.25, -0.2) is 4.39 Å². The molecular weight excluding hydrogens is 243 g/mol. The fourth-order valence-corrected chi connectivity index (χ4v) is 1.89. The van der Waals surface area contributed by atoms with Gasteiger partial charge in [-0.05, 0) is 31.0 Å². The molecule has 4 heteroatoms. The molecule has 1 rings (SSSR count). The SMILES string of the molecule is CCN(CCN)CCOC1=C/C=C\C(C)C\C=C\1F. The van der Waals surface area contributed by atoms with E-state index in [1.807, 2.05) is 6.08 Å². The summed E-state index contributed by atoms with van der Waals surface area (Å²) in [5, 5.41) is 0. The number of hydrogen-bond donors (Lipinski definition) is 1. The van der Waals surface area contributed by atoms with Gasteiger partial charge in [0.15, 0.2) is 11.6 Å². The highest BCUT2D eigenvalue weighted by Crippen LogP contribution is 2.19. The molecule has 0 saturated heterocycles. The molecule has 3 nitrogen and oxygen atoms in total. The van der Waals surface area contributed by atoms with Crippen LogP contribution in [0.25, 0.3) is 0 Å². The highest BCUT2D eigenvalue weighted by Gasteiger charge is 2.09. The summed E-state index contributed by atoms with van der Waals surface area (Å²) in [4.78, 5) is 2.18. The normalized spacial score (nSPS) is 26.9. The molecule has 0 radical (unpaired) electrons. The molecular formula is C15H25FN2O. The molecule has 1 aliphatic carbocycles. The van der Waals surface area contributed by atoms with Crippen molar-refractivity contribution >= 4 is 0 Å². The van der Waals surface area contributed by atoms with E-state index in [2.05, 4.69) is 24.8 Å². The van der Waals surface area contributed by atoms with Crippen LogP contribution in [0.3, 0.4) is 0 Å². The van der Waals surface area contributed by atoms with E-state index in [-0.39, 0.29) is 5.83 Å². The number of nitrogens with zero attached hydrogens (tertiary/aromatic N) is 1. The molecule has 1 aliphatic rings. The quantitative estimate of drug-likeness (QED) is 0.771. The number of allylic oxidation sites excluding steroid dienone is 5. The predicted molar refractivity (Wildman–Crippen MR) is 77.3 cm³/mol. The molecule has 0 heterocycles. The first-order valence-electron chi connectivity index (χ1n) is 6.97. The minimum atomic E-state index is -0.266. The van der Waals surface area contributed by atoms with Crippen LogP contribution in [0.2, 0.25) is 0 Å². The summed E-state index contributed by atoms with van der Waals surface area (Å²) in [6, 6.07) is 0. The Bertz CT molecular complexity index is 350. The van der Waals surface area contributed by atoms with Crippen molar-refractivity contribution in [3.63, 3.8) is 0 Å². The van der Waals surface area contributed by atoms with E-state index in [1.165, 1.54) is 0 Å². The van der Waals surface area contributed by atoms with Crippen molar-refractivity contribution in [2.75, 3.05) is 32.8 Å². The van der Waals surface area contributed by atoms with Gasteiger partial charge in [0.25, 0.3) is 0 Å². The highest BCUT2D eigenvalue weighted by molar-refractivity contribution is 5.26. The molecule has 0 aliphatic heterocycles. The van der Waals surface area contributed by atoms with E-state index in [0.717, 1.165) is 19.6 Å². The van der Waals surface area contributed by atoms with E-state index in [4.69, 9.17) is 10.5 Å². The Labute approximate surface area is 115 Å². The first-order valence-corrected chi connectivity index (χ1v) is 6.97. The Morgan fingerprint density at radius 1 is 1.47 bits per heavy atom. The lowest BCUT2D eigenvalue weighted by molar-refractivity contribution is 0.161. The Morgan fingerprint density at radius 2 is 2.26 bits per heavy atom. The number of likely N-dealkylation sites (N-methyl/N-ethyl adjacent to an activating group) is 1. The summed E-state index contributed by atoms with van der Waals surface area (Å²) in [5.74, 6) is 0.425. The third-order valence-corrected chi connectivity index (χ3v) is 3.15. The maximum atomic E-state index is 13.8. The van der Waals surface area contributed by atoms with Crippen LogP contribution in [0.15, 0.2) is 35.9 Å². The predicted octanol–water partition coefficient (Wildman–Crippen LogP) is 2.62. The molecule has 0 aromatic heterocycles. The largest absolute Gasteiger partial charge is 0.489 e. The third kappa shape index (κ3) is 6.03. The van der Waals surface area contributed by atoms with E-state index in [0.29, 0.717) is 31.2 Å². The van der Waals surface area contributed by atoms with E-state index in [9.17, 15) is 4.39 Å². The van der Waals surface area contributed by atoms with Crippen LogP contribution in [0, 0.1) is 5.92 Å². The average molecular weight is 268 g/mol. The first kappa shape index (κ1) is 15.9. The van der Waals surface area contributed by atoms with Crippen molar-refractivity contribution in [3.8, 4) is 0 Å². The Balaban J connectivity index is 2.46. The summed E-state index contributed by atoms with van der Waals surface area (Å²) < 4.78 is 19.3. The molecule has 0 fully saturated rings. The number of nitrogens with two attached hydrogens (primary N) is 1. The van der Waals surface area contributed by atoms with Crippen molar-refractivity contribution in [2.45, 2.75) is 20.3 Å². The summed E-state index contributed by atoms with van der Waals surface area (Å²) in [7, 11) is 0. The lowest BCUT2D eigenvalue weighted by Gasteiger charge is -2.20. The third-order valence-electron chi connectivity index (χ3n) is 3.15. The van der Waals surface area contributed by atoms with Crippen molar-refractivity contribution in [2.24, 2.45) is 11.7 Å². The van der Waals surface area contributed by atoms with Gasteiger partial charge >= 0.3 is 0 Å². The summed E-state index contributed by atoms with van der Waals surface area (Å²) in [5.41, 5.74) is 5.52. The molecule has 0 aromatic carbocycles. The molecule has 0 spiro atoms. The monoisotopic (exact) mass is 268 g/mol. The van der Waals surface area contributed by atoms with Crippen LogP contribution < -0.4 is 5.73 Å². The standard InChI is InChI=1S/C15H25FN2O/c1-3-18(10-9-17)11-12-19-15-6-4-5-13(2)7-8-14(15)16/h4-6,8,13H,3,7,9-12,17H2,1-2H3/b5-4-,14-8-,15-6+. The molecule has 0 saturated carbocycles. The zero-order valence-corrected chi connectivity index (χ0v) is 11.9. The van der Waals surface area contributed by atoms with Crippen LogP contribution in [0.5, 0.6) is 0 Å². The summed E-state index contributed by atoms with van der Waals surface area (Å²) in [6.07, 6.45) is 7.92. The smallest absolute Gasteiger partial charge is 0.161 e. The van der Waals surface area contributed by atoms with Crippen LogP contribution >= 0.6 is 0 Å². The fourth-order valence-electron chi connectivity index (χ4n) is 1.89. The number of rotatable bonds is 7. The van der Waals surface area contributed by atoms with Crippen LogP contribution in [0.1, 0.15) is 20.3 Å². The van der Waals surface area contributed by atoms with Gasteiger partial charge in [0.2, 0.25) is 0 Å². The molecule has 1 atom stereocenters. The molecule has 108 valence electrons. The van der Waals surface area contributed by atoms with E-state index in [1.54, 1.807) is 12.2 Å². The molecule has 1 unspecified atom stereocenters. The molecule has 0 bridgehead atoms. The highest BCUT2D eigenvalue weighted by atomic mass is 19.1. The average Bonchev–Trinajstić information content (AvgIpc) is 2.40. The lowest BCUT2D eigenvalue weighted by atomic mass is 10.1. The second-order valence-corrected chi connectivity index (χ2v) is 4.75. The van der Waals surface area contributed by atoms with Gasteiger partial charge < -0.3 is 10.5 Å². The molecule has 19 heavy (non-hydrogen) atoms. The second-order valence-electron chi connectivity index (χ2n) is 4.75. The summed E-state index contributed by atoms with van der Waals surface area (Å²) >= 11 is 0. The fraction of sp³-hybridized carbons (Fsp3) is 0.600. The van der Waals surface area contributed by atoms with Crippen molar-refractivity contribution in [3.05, 3.63) is 35.9 Å². The van der Waals surface area contributed by atoms with E-state index < -0.39 is 0 Å². The van der Waals surface area contributed by atoms with Crippen molar-refractivity contribution in [1.29, 1.82) is 0 Å². The van der Waals surface area contributed by atoms with Crippen LogP contribution in [0.4, 0.5) is 4.39 Å². The van der Waals surface area contributed by atoms with E-state index >= 15 is 0 Å². The van der Waals surface area contributed by atoms with Crippen LogP contribution in [-0.4, -0.2) is 37.7 Å². The first-order chi connectivity index (χ1) is 9.17. The Kier molecular flexibility index (Phi) is 7.45. The topological polar surface area (TPSA) is 38.5 Å². The van der Waals surface area contributed by atoms with Crippen LogP contribution in [-0.2, 0) is 4.74 Å². The van der Waals surface area contributed by atoms with Gasteiger partial charge in [0.1, 0.15) is 6.61 Å². The lowest BCUT2D eigenvalue weighted by Crippen LogP contribution is -2.32. The molecule has 0 aromatic rings. The van der Waals surface area contributed by atoms with Gasteiger partial charge in [-0.2, -0.15) is 0 Å². The number of halogens is 1. The Hall–Kier alpha value is -1.13. The zero-order valence-electron chi connectivity index (χ0n) is 11.9. The van der Waals surface area contributed by atoms with Gasteiger partial charge in [-0.1, -0.05) is 26.0 Å². The van der Waals surface area contributed by atoms with Gasteiger partial charge in [0.05, 0.1) is 0 Å². The zero-order chi connectivity index (χ0) is 14.1. The number of ether oxygens (including phenoxy) is 1.